The zero-order valence-electron chi connectivity index (χ0n) is 17.8. The Morgan fingerprint density at radius 1 is 1.10 bits per heavy atom. The number of ether oxygens (including phenoxy) is 1. The van der Waals surface area contributed by atoms with E-state index < -0.39 is 0 Å². The zero-order valence-corrected chi connectivity index (χ0v) is 17.8. The summed E-state index contributed by atoms with van der Waals surface area (Å²) in [6.45, 7) is 1.98. The van der Waals surface area contributed by atoms with Crippen molar-refractivity contribution in [1.29, 1.82) is 0 Å². The summed E-state index contributed by atoms with van der Waals surface area (Å²) in [6, 6.07) is 17.9. The third-order valence-electron chi connectivity index (χ3n) is 7.30. The number of hydrogen-bond acceptors (Lipinski definition) is 3. The molecule has 2 atom stereocenters. The molecule has 1 N–H and O–H groups in total. The van der Waals surface area contributed by atoms with E-state index in [1.54, 1.807) is 11.6 Å². The third kappa shape index (κ3) is 2.62. The second kappa shape index (κ2) is 6.58. The monoisotopic (exact) mass is 411 g/mol. The van der Waals surface area contributed by atoms with Crippen LogP contribution in [0.15, 0.2) is 59.4 Å². The summed E-state index contributed by atoms with van der Waals surface area (Å²) in [5.74, 6) is 1.49. The summed E-state index contributed by atoms with van der Waals surface area (Å²) in [5.41, 5.74) is 6.61. The molecule has 2 aromatic heterocycles. The molecule has 0 amide bonds. The lowest BCUT2D eigenvalue weighted by Crippen LogP contribution is -2.20. The predicted octanol–water partition coefficient (Wildman–Crippen LogP) is 5.12. The standard InChI is InChI=1S/C26H25N3O2/c1-16-21(17-10-12-20(31-2)13-11-17)25(30)29-24(27-16)22(26-14-6-9-19(26)15-26)23(28-29)18-7-4-3-5-8-18/h3-5,7-8,10-13,19,27H,6,9,14-15H2,1-2H3. The highest BCUT2D eigenvalue weighted by molar-refractivity contribution is 5.76. The van der Waals surface area contributed by atoms with Crippen molar-refractivity contribution in [1.82, 2.24) is 14.6 Å². The van der Waals surface area contributed by atoms with Crippen molar-refractivity contribution < 1.29 is 4.74 Å². The molecule has 156 valence electrons. The van der Waals surface area contributed by atoms with Gasteiger partial charge in [0.25, 0.3) is 5.56 Å². The topological polar surface area (TPSA) is 59.4 Å². The number of hydrogen-bond donors (Lipinski definition) is 1. The molecule has 31 heavy (non-hydrogen) atoms. The van der Waals surface area contributed by atoms with Gasteiger partial charge in [-0.25, -0.2) is 0 Å². The molecule has 2 aromatic carbocycles. The number of aromatic nitrogens is 3. The maximum absolute atomic E-state index is 13.7. The van der Waals surface area contributed by atoms with Crippen molar-refractivity contribution in [3.63, 3.8) is 0 Å². The van der Waals surface area contributed by atoms with Gasteiger partial charge in [-0.05, 0) is 49.8 Å². The van der Waals surface area contributed by atoms with Crippen molar-refractivity contribution in [2.45, 2.75) is 38.0 Å². The van der Waals surface area contributed by atoms with Gasteiger partial charge in [-0.3, -0.25) is 4.79 Å². The van der Waals surface area contributed by atoms with Gasteiger partial charge in [-0.15, -0.1) is 0 Å². The van der Waals surface area contributed by atoms with Crippen LogP contribution in [0.5, 0.6) is 5.75 Å². The zero-order chi connectivity index (χ0) is 21.2. The first-order chi connectivity index (χ1) is 15.1. The fourth-order valence-corrected chi connectivity index (χ4v) is 5.71. The summed E-state index contributed by atoms with van der Waals surface area (Å²) in [7, 11) is 1.64. The van der Waals surface area contributed by atoms with E-state index in [2.05, 4.69) is 17.1 Å². The van der Waals surface area contributed by atoms with Crippen LogP contribution in [-0.2, 0) is 5.41 Å². The number of H-pyrrole nitrogens is 1. The molecule has 2 aliphatic carbocycles. The second-order valence-electron chi connectivity index (χ2n) is 8.96. The Bertz CT molecular complexity index is 1350. The van der Waals surface area contributed by atoms with Gasteiger partial charge in [0, 0.05) is 22.2 Å². The molecule has 4 aromatic rings. The molecule has 0 radical (unpaired) electrons. The quantitative estimate of drug-likeness (QED) is 0.507. The summed E-state index contributed by atoms with van der Waals surface area (Å²) < 4.78 is 6.88. The molecular formula is C26H25N3O2. The van der Waals surface area contributed by atoms with E-state index in [-0.39, 0.29) is 11.0 Å². The van der Waals surface area contributed by atoms with Crippen LogP contribution in [0.1, 0.15) is 36.9 Å². The minimum Gasteiger partial charge on any atom is -0.497 e. The van der Waals surface area contributed by atoms with Gasteiger partial charge in [0.2, 0.25) is 0 Å². The molecule has 0 bridgehead atoms. The number of methoxy groups -OCH3 is 1. The molecule has 2 saturated carbocycles. The fraction of sp³-hybridized carbons (Fsp3) is 0.308. The number of benzene rings is 2. The molecule has 0 aliphatic heterocycles. The molecule has 2 aliphatic rings. The number of nitrogens with one attached hydrogen (secondary N) is 1. The molecule has 2 fully saturated rings. The van der Waals surface area contributed by atoms with Gasteiger partial charge >= 0.3 is 0 Å². The molecule has 2 unspecified atom stereocenters. The van der Waals surface area contributed by atoms with Crippen LogP contribution >= 0.6 is 0 Å². The normalized spacial score (nSPS) is 21.9. The van der Waals surface area contributed by atoms with Gasteiger partial charge in [0.1, 0.15) is 11.4 Å². The Morgan fingerprint density at radius 2 is 1.87 bits per heavy atom. The van der Waals surface area contributed by atoms with Crippen molar-refractivity contribution in [2.75, 3.05) is 7.11 Å². The summed E-state index contributed by atoms with van der Waals surface area (Å²) in [6.07, 6.45) is 4.91. The van der Waals surface area contributed by atoms with Gasteiger partial charge in [0.05, 0.1) is 18.4 Å². The fourth-order valence-electron chi connectivity index (χ4n) is 5.71. The van der Waals surface area contributed by atoms with E-state index in [0.29, 0.717) is 11.5 Å². The number of aryl methyl sites for hydroxylation is 1. The SMILES string of the molecule is COc1ccc(-c2c(C)[nH]c3c(C45CCCC4C5)c(-c4ccccc4)nn3c2=O)cc1. The van der Waals surface area contributed by atoms with Crippen molar-refractivity contribution >= 4 is 5.65 Å². The van der Waals surface area contributed by atoms with E-state index in [1.165, 1.54) is 31.2 Å². The number of rotatable bonds is 4. The van der Waals surface area contributed by atoms with E-state index in [1.807, 2.05) is 49.4 Å². The van der Waals surface area contributed by atoms with Gasteiger partial charge < -0.3 is 9.72 Å². The average Bonchev–Trinajstić information content (AvgIpc) is 3.14. The van der Waals surface area contributed by atoms with Crippen LogP contribution in [-0.4, -0.2) is 21.7 Å². The highest BCUT2D eigenvalue weighted by Gasteiger charge is 2.60. The Kier molecular flexibility index (Phi) is 3.91. The third-order valence-corrected chi connectivity index (χ3v) is 7.30. The predicted molar refractivity (Wildman–Crippen MR) is 122 cm³/mol. The van der Waals surface area contributed by atoms with Crippen molar-refractivity contribution in [3.8, 4) is 28.1 Å². The van der Waals surface area contributed by atoms with Crippen LogP contribution in [0.4, 0.5) is 0 Å². The molecule has 0 spiro atoms. The molecule has 2 heterocycles. The number of fused-ring (bicyclic) bond motifs is 2. The first-order valence-corrected chi connectivity index (χ1v) is 11.0. The lowest BCUT2D eigenvalue weighted by molar-refractivity contribution is 0.415. The second-order valence-corrected chi connectivity index (χ2v) is 8.96. The van der Waals surface area contributed by atoms with E-state index >= 15 is 0 Å². The maximum atomic E-state index is 13.7. The molecular weight excluding hydrogens is 386 g/mol. The Morgan fingerprint density at radius 3 is 2.52 bits per heavy atom. The van der Waals surface area contributed by atoms with E-state index in [0.717, 1.165) is 33.9 Å². The van der Waals surface area contributed by atoms with E-state index in [4.69, 9.17) is 9.84 Å². The van der Waals surface area contributed by atoms with Crippen LogP contribution < -0.4 is 10.3 Å². The first-order valence-electron chi connectivity index (χ1n) is 11.0. The molecule has 5 heteroatoms. The molecule has 6 rings (SSSR count). The van der Waals surface area contributed by atoms with Crippen LogP contribution in [0.3, 0.4) is 0 Å². The van der Waals surface area contributed by atoms with Crippen LogP contribution in [0, 0.1) is 12.8 Å². The summed E-state index contributed by atoms with van der Waals surface area (Å²) in [4.78, 5) is 17.3. The number of aromatic amines is 1. The maximum Gasteiger partial charge on any atom is 0.282 e. The minimum atomic E-state index is -0.0774. The summed E-state index contributed by atoms with van der Waals surface area (Å²) >= 11 is 0. The summed E-state index contributed by atoms with van der Waals surface area (Å²) in [5, 5.41) is 4.91. The highest BCUT2D eigenvalue weighted by Crippen LogP contribution is 2.66. The van der Waals surface area contributed by atoms with E-state index in [9.17, 15) is 4.79 Å². The van der Waals surface area contributed by atoms with Gasteiger partial charge in [-0.2, -0.15) is 9.61 Å². The minimum absolute atomic E-state index is 0.0774. The Labute approximate surface area is 180 Å². The smallest absolute Gasteiger partial charge is 0.282 e. The van der Waals surface area contributed by atoms with Gasteiger partial charge in [-0.1, -0.05) is 48.9 Å². The van der Waals surface area contributed by atoms with Gasteiger partial charge in [0.15, 0.2) is 0 Å². The van der Waals surface area contributed by atoms with Crippen LogP contribution in [0.2, 0.25) is 0 Å². The highest BCUT2D eigenvalue weighted by atomic mass is 16.5. The lowest BCUT2D eigenvalue weighted by atomic mass is 9.90. The largest absolute Gasteiger partial charge is 0.497 e. The number of nitrogens with zero attached hydrogens (tertiary/aromatic N) is 2. The Balaban J connectivity index is 1.62. The Hall–Kier alpha value is -3.34. The van der Waals surface area contributed by atoms with Crippen molar-refractivity contribution in [2.24, 2.45) is 5.92 Å². The average molecular weight is 412 g/mol. The lowest BCUT2D eigenvalue weighted by Gasteiger charge is -2.14. The molecule has 0 saturated heterocycles. The van der Waals surface area contributed by atoms with Crippen LogP contribution in [0.25, 0.3) is 28.0 Å². The van der Waals surface area contributed by atoms with Crippen molar-refractivity contribution in [3.05, 3.63) is 76.2 Å². The molecule has 5 nitrogen and oxygen atoms in total. The first kappa shape index (κ1) is 18.4.